The molecule has 2 saturated heterocycles. The summed E-state index contributed by atoms with van der Waals surface area (Å²) in [7, 11) is 0. The van der Waals surface area contributed by atoms with Gasteiger partial charge in [0, 0.05) is 62.6 Å². The van der Waals surface area contributed by atoms with Crippen LogP contribution >= 0.6 is 0 Å². The summed E-state index contributed by atoms with van der Waals surface area (Å²) in [4.78, 5) is 21.2. The number of rotatable bonds is 4. The van der Waals surface area contributed by atoms with Gasteiger partial charge in [0.05, 0.1) is 5.70 Å². The van der Waals surface area contributed by atoms with E-state index in [0.29, 0.717) is 13.1 Å². The van der Waals surface area contributed by atoms with Gasteiger partial charge in [-0.2, -0.15) is 0 Å². The molecule has 31 heavy (non-hydrogen) atoms. The van der Waals surface area contributed by atoms with Crippen LogP contribution in [0.2, 0.25) is 0 Å². The normalized spacial score (nSPS) is 20.0. The Kier molecular flexibility index (Phi) is 6.54. The van der Waals surface area contributed by atoms with Crippen LogP contribution in [0.25, 0.3) is 5.70 Å². The molecular weight excluding hydrogens is 390 g/mol. The van der Waals surface area contributed by atoms with Crippen molar-refractivity contribution in [3.05, 3.63) is 29.8 Å². The maximum absolute atomic E-state index is 12.4. The summed E-state index contributed by atoms with van der Waals surface area (Å²) < 4.78 is 12.1. The molecular formula is C25H35N3O3. The predicted molar refractivity (Wildman–Crippen MR) is 125 cm³/mol. The smallest absolute Gasteiger partial charge is 0.410 e. The van der Waals surface area contributed by atoms with Crippen molar-refractivity contribution < 1.29 is 14.3 Å². The van der Waals surface area contributed by atoms with Gasteiger partial charge in [-0.25, -0.2) is 4.79 Å². The zero-order valence-corrected chi connectivity index (χ0v) is 19.1. The third-order valence-corrected chi connectivity index (χ3v) is 5.96. The highest BCUT2D eigenvalue weighted by Gasteiger charge is 2.28. The standard InChI is InChI=1S/C25H35N3O3/c1-25(2,3)31-24(29)28-16-11-20(12-17-28)30-23-18-19(27-14-6-7-15-27)9-10-21(23)22-8-4-5-13-26-22/h8-10,13,18,20H,4-7,11-12,14-17H2,1-3H3. The minimum atomic E-state index is -0.469. The van der Waals surface area contributed by atoms with Crippen molar-refractivity contribution in [2.24, 2.45) is 4.99 Å². The second-order valence-electron chi connectivity index (χ2n) is 9.64. The Morgan fingerprint density at radius 3 is 2.45 bits per heavy atom. The molecule has 4 rings (SSSR count). The van der Waals surface area contributed by atoms with Crippen LogP contribution in [0.5, 0.6) is 5.75 Å². The lowest BCUT2D eigenvalue weighted by molar-refractivity contribution is 0.0126. The molecule has 0 unspecified atom stereocenters. The number of likely N-dealkylation sites (tertiary alicyclic amines) is 1. The van der Waals surface area contributed by atoms with Gasteiger partial charge >= 0.3 is 6.09 Å². The summed E-state index contributed by atoms with van der Waals surface area (Å²) in [5.74, 6) is 0.908. The number of anilines is 1. The summed E-state index contributed by atoms with van der Waals surface area (Å²) in [5.41, 5.74) is 2.82. The van der Waals surface area contributed by atoms with E-state index < -0.39 is 5.60 Å². The first-order chi connectivity index (χ1) is 14.9. The molecule has 3 aliphatic heterocycles. The summed E-state index contributed by atoms with van der Waals surface area (Å²) >= 11 is 0. The zero-order valence-electron chi connectivity index (χ0n) is 19.1. The van der Waals surface area contributed by atoms with E-state index in [1.807, 2.05) is 27.0 Å². The van der Waals surface area contributed by atoms with E-state index in [2.05, 4.69) is 34.2 Å². The van der Waals surface area contributed by atoms with E-state index in [4.69, 9.17) is 9.47 Å². The van der Waals surface area contributed by atoms with Gasteiger partial charge in [-0.15, -0.1) is 0 Å². The molecule has 2 fully saturated rings. The maximum atomic E-state index is 12.4. The molecule has 0 spiro atoms. The van der Waals surface area contributed by atoms with Gasteiger partial charge < -0.3 is 19.3 Å². The number of piperidine rings is 1. The van der Waals surface area contributed by atoms with E-state index in [0.717, 1.165) is 55.8 Å². The second-order valence-corrected chi connectivity index (χ2v) is 9.64. The monoisotopic (exact) mass is 425 g/mol. The largest absolute Gasteiger partial charge is 0.490 e. The molecule has 0 bridgehead atoms. The zero-order chi connectivity index (χ0) is 21.8. The molecule has 1 aromatic rings. The van der Waals surface area contributed by atoms with E-state index in [1.165, 1.54) is 18.5 Å². The average Bonchev–Trinajstić information content (AvgIpc) is 3.29. The van der Waals surface area contributed by atoms with Crippen molar-refractivity contribution in [3.63, 3.8) is 0 Å². The molecule has 0 N–H and O–H groups in total. The summed E-state index contributed by atoms with van der Waals surface area (Å²) in [6.45, 7) is 9.22. The van der Waals surface area contributed by atoms with Crippen LogP contribution in [0.3, 0.4) is 0 Å². The number of allylic oxidation sites excluding steroid dienone is 1. The Labute approximate surface area is 185 Å². The molecule has 6 heteroatoms. The van der Waals surface area contributed by atoms with Crippen molar-refractivity contribution in [2.75, 3.05) is 31.1 Å². The highest BCUT2D eigenvalue weighted by molar-refractivity contribution is 5.80. The lowest BCUT2D eigenvalue weighted by Crippen LogP contribution is -2.44. The van der Waals surface area contributed by atoms with E-state index >= 15 is 0 Å². The lowest BCUT2D eigenvalue weighted by Gasteiger charge is -2.34. The molecule has 3 aliphatic rings. The number of ether oxygens (including phenoxy) is 2. The Hall–Kier alpha value is -2.50. The first kappa shape index (κ1) is 21.7. The minimum Gasteiger partial charge on any atom is -0.490 e. The number of hydrogen-bond donors (Lipinski definition) is 0. The topological polar surface area (TPSA) is 54.4 Å². The molecule has 0 radical (unpaired) electrons. The van der Waals surface area contributed by atoms with Crippen LogP contribution in [0.4, 0.5) is 10.5 Å². The summed E-state index contributed by atoms with van der Waals surface area (Å²) in [6, 6.07) is 6.54. The van der Waals surface area contributed by atoms with Crippen LogP contribution in [-0.2, 0) is 4.74 Å². The second kappa shape index (κ2) is 9.33. The fourth-order valence-electron chi connectivity index (χ4n) is 4.34. The van der Waals surface area contributed by atoms with Crippen molar-refractivity contribution in [1.29, 1.82) is 0 Å². The van der Waals surface area contributed by atoms with E-state index in [1.54, 1.807) is 4.90 Å². The van der Waals surface area contributed by atoms with Crippen LogP contribution in [0.1, 0.15) is 64.9 Å². The highest BCUT2D eigenvalue weighted by Crippen LogP contribution is 2.35. The fourth-order valence-corrected chi connectivity index (χ4v) is 4.34. The number of aliphatic imine (C=N–C) groups is 1. The number of hydrogen-bond acceptors (Lipinski definition) is 5. The fraction of sp³-hybridized carbons (Fsp3) is 0.600. The van der Waals surface area contributed by atoms with Crippen molar-refractivity contribution >= 4 is 23.7 Å². The molecule has 6 nitrogen and oxygen atoms in total. The number of carbonyl (C=O) groups excluding carboxylic acids is 1. The van der Waals surface area contributed by atoms with Gasteiger partial charge in [-0.05, 0) is 58.6 Å². The Morgan fingerprint density at radius 2 is 1.81 bits per heavy atom. The minimum absolute atomic E-state index is 0.0828. The number of amides is 1. The van der Waals surface area contributed by atoms with Crippen LogP contribution in [-0.4, -0.2) is 55.1 Å². The van der Waals surface area contributed by atoms with Crippen molar-refractivity contribution in [1.82, 2.24) is 4.90 Å². The number of benzene rings is 1. The van der Waals surface area contributed by atoms with Crippen molar-refractivity contribution in [2.45, 2.75) is 71.0 Å². The van der Waals surface area contributed by atoms with E-state index in [-0.39, 0.29) is 12.2 Å². The lowest BCUT2D eigenvalue weighted by atomic mass is 10.0. The molecule has 0 aromatic heterocycles. The summed E-state index contributed by atoms with van der Waals surface area (Å²) in [6.07, 6.45) is 10.1. The summed E-state index contributed by atoms with van der Waals surface area (Å²) in [5, 5.41) is 0. The Morgan fingerprint density at radius 1 is 1.06 bits per heavy atom. The number of nitrogens with zero attached hydrogens (tertiary/aromatic N) is 3. The van der Waals surface area contributed by atoms with Gasteiger partial charge in [0.25, 0.3) is 0 Å². The van der Waals surface area contributed by atoms with Gasteiger partial charge in [0.15, 0.2) is 0 Å². The SMILES string of the molecule is CC(C)(C)OC(=O)N1CCC(Oc2cc(N3CCCC3)ccc2C2=CCCC=N2)CC1. The van der Waals surface area contributed by atoms with E-state index in [9.17, 15) is 4.79 Å². The third kappa shape index (κ3) is 5.60. The van der Waals surface area contributed by atoms with Gasteiger partial charge in [-0.1, -0.05) is 6.08 Å². The molecule has 0 saturated carbocycles. The van der Waals surface area contributed by atoms with Crippen LogP contribution in [0.15, 0.2) is 29.3 Å². The molecule has 3 heterocycles. The maximum Gasteiger partial charge on any atom is 0.410 e. The first-order valence-electron chi connectivity index (χ1n) is 11.7. The van der Waals surface area contributed by atoms with Gasteiger partial charge in [-0.3, -0.25) is 4.99 Å². The molecule has 168 valence electrons. The Balaban J connectivity index is 1.46. The Bertz CT molecular complexity index is 842. The molecule has 0 atom stereocenters. The van der Waals surface area contributed by atoms with Gasteiger partial charge in [0.2, 0.25) is 0 Å². The average molecular weight is 426 g/mol. The molecule has 0 aliphatic carbocycles. The van der Waals surface area contributed by atoms with Gasteiger partial charge in [0.1, 0.15) is 17.5 Å². The highest BCUT2D eigenvalue weighted by atomic mass is 16.6. The quantitative estimate of drug-likeness (QED) is 0.659. The molecule has 1 aromatic carbocycles. The third-order valence-electron chi connectivity index (χ3n) is 5.96. The van der Waals surface area contributed by atoms with Crippen molar-refractivity contribution in [3.8, 4) is 5.75 Å². The first-order valence-corrected chi connectivity index (χ1v) is 11.7. The van der Waals surface area contributed by atoms with Crippen LogP contribution < -0.4 is 9.64 Å². The molecule has 1 amide bonds. The predicted octanol–water partition coefficient (Wildman–Crippen LogP) is 5.27. The van der Waals surface area contributed by atoms with Crippen LogP contribution in [0, 0.1) is 0 Å². The number of carbonyl (C=O) groups is 1.